The first-order valence-electron chi connectivity index (χ1n) is 6.14. The lowest BCUT2D eigenvalue weighted by atomic mass is 10.2. The highest BCUT2D eigenvalue weighted by Gasteiger charge is 2.17. The SMILES string of the molecule is CCCC(=O)OC(CC)OC(=O)CCC(=O)CN. The molecule has 104 valence electrons. The largest absolute Gasteiger partial charge is 0.425 e. The molecule has 0 amide bonds. The second-order valence-electron chi connectivity index (χ2n) is 3.81. The van der Waals surface area contributed by atoms with E-state index in [1.54, 1.807) is 6.92 Å². The normalized spacial score (nSPS) is 11.7. The number of ether oxygens (including phenoxy) is 2. The van der Waals surface area contributed by atoms with Crippen LogP contribution in [0.15, 0.2) is 0 Å². The molecule has 0 bridgehead atoms. The van der Waals surface area contributed by atoms with Crippen molar-refractivity contribution >= 4 is 17.7 Å². The van der Waals surface area contributed by atoms with Crippen molar-refractivity contribution in [3.63, 3.8) is 0 Å². The smallest absolute Gasteiger partial charge is 0.309 e. The third-order valence-corrected chi connectivity index (χ3v) is 2.15. The topological polar surface area (TPSA) is 95.7 Å². The Kier molecular flexibility index (Phi) is 8.82. The Morgan fingerprint density at radius 1 is 1.00 bits per heavy atom. The van der Waals surface area contributed by atoms with Gasteiger partial charge in [-0.15, -0.1) is 0 Å². The lowest BCUT2D eigenvalue weighted by Gasteiger charge is -2.16. The molecular formula is C12H21NO5. The first-order chi connectivity index (χ1) is 8.53. The summed E-state index contributed by atoms with van der Waals surface area (Å²) >= 11 is 0. The Balaban J connectivity index is 4.00. The molecule has 6 nitrogen and oxygen atoms in total. The van der Waals surface area contributed by atoms with E-state index in [0.29, 0.717) is 19.3 Å². The number of esters is 2. The number of Topliss-reactive ketones (excluding diaryl/α,β-unsaturated/α-hetero) is 1. The quantitative estimate of drug-likeness (QED) is 0.488. The maximum absolute atomic E-state index is 11.4. The summed E-state index contributed by atoms with van der Waals surface area (Å²) in [6, 6.07) is 0. The highest BCUT2D eigenvalue weighted by molar-refractivity contribution is 5.84. The highest BCUT2D eigenvalue weighted by Crippen LogP contribution is 2.06. The Labute approximate surface area is 107 Å². The third-order valence-electron chi connectivity index (χ3n) is 2.15. The van der Waals surface area contributed by atoms with Gasteiger partial charge in [0, 0.05) is 19.3 Å². The van der Waals surface area contributed by atoms with Crippen molar-refractivity contribution in [2.24, 2.45) is 5.73 Å². The van der Waals surface area contributed by atoms with E-state index in [0.717, 1.165) is 0 Å². The van der Waals surface area contributed by atoms with Crippen molar-refractivity contribution in [1.29, 1.82) is 0 Å². The number of rotatable bonds is 9. The van der Waals surface area contributed by atoms with Crippen LogP contribution in [0.4, 0.5) is 0 Å². The minimum Gasteiger partial charge on any atom is -0.425 e. The fourth-order valence-electron chi connectivity index (χ4n) is 1.15. The Bertz CT molecular complexity index is 290. The van der Waals surface area contributed by atoms with Gasteiger partial charge in [-0.3, -0.25) is 14.4 Å². The van der Waals surface area contributed by atoms with Crippen LogP contribution in [0.5, 0.6) is 0 Å². The second kappa shape index (κ2) is 9.58. The van der Waals surface area contributed by atoms with Gasteiger partial charge < -0.3 is 15.2 Å². The van der Waals surface area contributed by atoms with Crippen LogP contribution >= 0.6 is 0 Å². The van der Waals surface area contributed by atoms with Crippen molar-refractivity contribution in [3.05, 3.63) is 0 Å². The Morgan fingerprint density at radius 2 is 1.56 bits per heavy atom. The zero-order valence-electron chi connectivity index (χ0n) is 10.9. The van der Waals surface area contributed by atoms with E-state index in [1.165, 1.54) is 0 Å². The monoisotopic (exact) mass is 259 g/mol. The number of ketones is 1. The van der Waals surface area contributed by atoms with Crippen molar-refractivity contribution in [1.82, 2.24) is 0 Å². The van der Waals surface area contributed by atoms with Gasteiger partial charge in [-0.25, -0.2) is 0 Å². The first-order valence-corrected chi connectivity index (χ1v) is 6.14. The predicted octanol–water partition coefficient (Wildman–Crippen LogP) is 0.917. The van der Waals surface area contributed by atoms with Gasteiger partial charge in [0.15, 0.2) is 0 Å². The van der Waals surface area contributed by atoms with Crippen LogP contribution in [0.25, 0.3) is 0 Å². The lowest BCUT2D eigenvalue weighted by Crippen LogP contribution is -2.24. The molecule has 6 heteroatoms. The molecular weight excluding hydrogens is 238 g/mol. The van der Waals surface area contributed by atoms with Crippen LogP contribution in [0, 0.1) is 0 Å². The summed E-state index contributed by atoms with van der Waals surface area (Å²) in [4.78, 5) is 33.5. The molecule has 0 saturated carbocycles. The second-order valence-corrected chi connectivity index (χ2v) is 3.81. The van der Waals surface area contributed by atoms with E-state index in [4.69, 9.17) is 15.2 Å². The molecule has 0 heterocycles. The lowest BCUT2D eigenvalue weighted by molar-refractivity contribution is -0.188. The average Bonchev–Trinajstić information content (AvgIpc) is 2.35. The number of hydrogen-bond donors (Lipinski definition) is 1. The summed E-state index contributed by atoms with van der Waals surface area (Å²) in [6.07, 6.45) is 0.483. The minimum absolute atomic E-state index is 0.0438. The molecule has 2 N–H and O–H groups in total. The van der Waals surface area contributed by atoms with Crippen LogP contribution < -0.4 is 5.73 Å². The first kappa shape index (κ1) is 16.6. The van der Waals surface area contributed by atoms with Gasteiger partial charge >= 0.3 is 11.9 Å². The maximum Gasteiger partial charge on any atom is 0.309 e. The van der Waals surface area contributed by atoms with E-state index in [2.05, 4.69) is 0 Å². The molecule has 18 heavy (non-hydrogen) atoms. The number of carbonyl (C=O) groups is 3. The summed E-state index contributed by atoms with van der Waals surface area (Å²) in [5.41, 5.74) is 5.11. The molecule has 0 aliphatic carbocycles. The molecule has 0 aromatic heterocycles. The predicted molar refractivity (Wildman–Crippen MR) is 64.5 cm³/mol. The summed E-state index contributed by atoms with van der Waals surface area (Å²) in [5.74, 6) is -1.16. The average molecular weight is 259 g/mol. The Morgan fingerprint density at radius 3 is 2.00 bits per heavy atom. The van der Waals surface area contributed by atoms with Crippen molar-refractivity contribution in [3.8, 4) is 0 Å². The van der Waals surface area contributed by atoms with Gasteiger partial charge in [-0.1, -0.05) is 13.8 Å². The standard InChI is InChI=1S/C12H21NO5/c1-3-5-10(15)17-12(4-2)18-11(16)7-6-9(14)8-13/h12H,3-8,13H2,1-2H3. The van der Waals surface area contributed by atoms with Gasteiger partial charge in [0.1, 0.15) is 5.78 Å². The fourth-order valence-corrected chi connectivity index (χ4v) is 1.15. The molecule has 0 rings (SSSR count). The molecule has 1 unspecified atom stereocenters. The van der Waals surface area contributed by atoms with Crippen molar-refractivity contribution in [2.75, 3.05) is 6.54 Å². The molecule has 0 saturated heterocycles. The molecule has 0 spiro atoms. The summed E-state index contributed by atoms with van der Waals surface area (Å²) in [6.45, 7) is 3.50. The summed E-state index contributed by atoms with van der Waals surface area (Å²) in [7, 11) is 0. The van der Waals surface area contributed by atoms with E-state index in [9.17, 15) is 14.4 Å². The third kappa shape index (κ3) is 7.78. The van der Waals surface area contributed by atoms with Gasteiger partial charge in [0.2, 0.25) is 6.29 Å². The molecule has 0 fully saturated rings. The molecule has 0 aromatic rings. The minimum atomic E-state index is -0.871. The van der Waals surface area contributed by atoms with Gasteiger partial charge in [-0.2, -0.15) is 0 Å². The maximum atomic E-state index is 11.4. The number of hydrogen-bond acceptors (Lipinski definition) is 6. The molecule has 0 radical (unpaired) electrons. The highest BCUT2D eigenvalue weighted by atomic mass is 16.7. The number of nitrogens with two attached hydrogens (primary N) is 1. The van der Waals surface area contributed by atoms with Gasteiger partial charge in [-0.05, 0) is 6.42 Å². The summed E-state index contributed by atoms with van der Waals surface area (Å²) in [5, 5.41) is 0. The van der Waals surface area contributed by atoms with E-state index in [-0.39, 0.29) is 25.2 Å². The van der Waals surface area contributed by atoms with Crippen molar-refractivity contribution < 1.29 is 23.9 Å². The van der Waals surface area contributed by atoms with E-state index < -0.39 is 18.2 Å². The number of carbonyl (C=O) groups excluding carboxylic acids is 3. The van der Waals surface area contributed by atoms with Crippen LogP contribution in [0.2, 0.25) is 0 Å². The zero-order valence-corrected chi connectivity index (χ0v) is 10.9. The molecule has 0 aliphatic heterocycles. The summed E-state index contributed by atoms with van der Waals surface area (Å²) < 4.78 is 9.89. The molecule has 1 atom stereocenters. The molecule has 0 aliphatic rings. The van der Waals surface area contributed by atoms with Gasteiger partial charge in [0.05, 0.1) is 13.0 Å². The van der Waals surface area contributed by atoms with Gasteiger partial charge in [0.25, 0.3) is 0 Å². The fraction of sp³-hybridized carbons (Fsp3) is 0.750. The molecule has 0 aromatic carbocycles. The van der Waals surface area contributed by atoms with Crippen LogP contribution in [-0.4, -0.2) is 30.6 Å². The van der Waals surface area contributed by atoms with Crippen LogP contribution in [0.3, 0.4) is 0 Å². The van der Waals surface area contributed by atoms with E-state index in [1.807, 2.05) is 6.92 Å². The van der Waals surface area contributed by atoms with Crippen LogP contribution in [-0.2, 0) is 23.9 Å². The van der Waals surface area contributed by atoms with Crippen molar-refractivity contribution in [2.45, 2.75) is 52.2 Å². The van der Waals surface area contributed by atoms with E-state index >= 15 is 0 Å². The van der Waals surface area contributed by atoms with Crippen LogP contribution in [0.1, 0.15) is 46.0 Å². The zero-order chi connectivity index (χ0) is 14.0. The Hall–Kier alpha value is -1.43.